The average molecular weight is 579 g/mol. The van der Waals surface area contributed by atoms with Gasteiger partial charge in [0, 0.05) is 17.3 Å². The molecule has 0 aliphatic heterocycles. The number of hydrazone groups is 1. The minimum Gasteiger partial charge on any atom is -0.459 e. The van der Waals surface area contributed by atoms with Crippen LogP contribution in [0.4, 0.5) is 5.69 Å². The van der Waals surface area contributed by atoms with Crippen LogP contribution in [0.1, 0.15) is 28.2 Å². The number of anilines is 1. The molecular weight excluding hydrogens is 552 g/mol. The molecular formula is C29H27ClN4O5S. The van der Waals surface area contributed by atoms with Gasteiger partial charge in [0.15, 0.2) is 0 Å². The first-order valence-corrected chi connectivity index (χ1v) is 14.0. The molecule has 40 heavy (non-hydrogen) atoms. The zero-order valence-electron chi connectivity index (χ0n) is 21.8. The molecule has 0 fully saturated rings. The predicted octanol–water partition coefficient (Wildman–Crippen LogP) is 5.03. The molecule has 2 N–H and O–H groups in total. The Kier molecular flexibility index (Phi) is 9.15. The monoisotopic (exact) mass is 578 g/mol. The summed E-state index contributed by atoms with van der Waals surface area (Å²) in [6.45, 7) is 3.96. The molecule has 0 saturated carbocycles. The maximum atomic E-state index is 13.6. The zero-order chi connectivity index (χ0) is 28.7. The molecule has 0 atom stereocenters. The molecule has 206 valence electrons. The van der Waals surface area contributed by atoms with Crippen molar-refractivity contribution in [2.24, 2.45) is 5.10 Å². The predicted molar refractivity (Wildman–Crippen MR) is 153 cm³/mol. The van der Waals surface area contributed by atoms with Gasteiger partial charge in [-0.2, -0.15) is 9.41 Å². The fourth-order valence-electron chi connectivity index (χ4n) is 3.63. The van der Waals surface area contributed by atoms with Crippen LogP contribution in [0, 0.1) is 13.8 Å². The first-order chi connectivity index (χ1) is 19.1. The number of hydrogen-bond donors (Lipinski definition) is 2. The van der Waals surface area contributed by atoms with E-state index in [0.29, 0.717) is 16.5 Å². The van der Waals surface area contributed by atoms with Gasteiger partial charge in [-0.25, -0.2) is 13.8 Å². The molecule has 0 saturated heterocycles. The summed E-state index contributed by atoms with van der Waals surface area (Å²) in [4.78, 5) is 24.3. The average Bonchev–Trinajstić information content (AvgIpc) is 3.38. The van der Waals surface area contributed by atoms with Crippen molar-refractivity contribution in [2.45, 2.75) is 31.8 Å². The van der Waals surface area contributed by atoms with E-state index < -0.39 is 21.8 Å². The molecule has 2 amide bonds. The molecule has 0 aliphatic carbocycles. The van der Waals surface area contributed by atoms with E-state index >= 15 is 0 Å². The van der Waals surface area contributed by atoms with Crippen LogP contribution in [-0.2, 0) is 32.7 Å². The minimum absolute atomic E-state index is 0.0339. The summed E-state index contributed by atoms with van der Waals surface area (Å²) >= 11 is 5.81. The number of rotatable bonds is 9. The van der Waals surface area contributed by atoms with E-state index in [0.717, 1.165) is 16.7 Å². The number of aryl methyl sites for hydroxylation is 2. The van der Waals surface area contributed by atoms with Crippen molar-refractivity contribution < 1.29 is 22.4 Å². The van der Waals surface area contributed by atoms with Crippen LogP contribution in [-0.4, -0.2) is 30.8 Å². The smallest absolute Gasteiger partial charge is 0.329 e. The Hall–Kier alpha value is -4.25. The van der Waals surface area contributed by atoms with Gasteiger partial charge in [-0.15, -0.1) is 0 Å². The maximum Gasteiger partial charge on any atom is 0.329 e. The van der Waals surface area contributed by atoms with Gasteiger partial charge >= 0.3 is 11.8 Å². The number of nitrogens with one attached hydrogen (secondary N) is 2. The van der Waals surface area contributed by atoms with Gasteiger partial charge in [0.05, 0.1) is 17.7 Å². The largest absolute Gasteiger partial charge is 0.459 e. The van der Waals surface area contributed by atoms with Crippen molar-refractivity contribution in [3.8, 4) is 0 Å². The molecule has 0 bridgehead atoms. The van der Waals surface area contributed by atoms with Gasteiger partial charge < -0.3 is 9.73 Å². The minimum atomic E-state index is -3.85. The number of halogens is 1. The first-order valence-electron chi connectivity index (χ1n) is 12.2. The van der Waals surface area contributed by atoms with Gasteiger partial charge in [-0.1, -0.05) is 59.1 Å². The van der Waals surface area contributed by atoms with Crippen molar-refractivity contribution in [2.75, 3.05) is 5.32 Å². The number of furan rings is 1. The molecule has 0 unspecified atom stereocenters. The summed E-state index contributed by atoms with van der Waals surface area (Å²) in [6, 6.07) is 23.8. The van der Waals surface area contributed by atoms with Crippen LogP contribution >= 0.6 is 11.6 Å². The number of nitrogens with zero attached hydrogens (tertiary/aromatic N) is 2. The van der Waals surface area contributed by atoms with Gasteiger partial charge in [0.1, 0.15) is 11.5 Å². The van der Waals surface area contributed by atoms with Gasteiger partial charge in [-0.05, 0) is 67.9 Å². The van der Waals surface area contributed by atoms with Crippen molar-refractivity contribution in [1.82, 2.24) is 9.73 Å². The number of carbonyl (C=O) groups excluding carboxylic acids is 2. The first kappa shape index (κ1) is 28.8. The van der Waals surface area contributed by atoms with E-state index in [2.05, 4.69) is 15.8 Å². The molecule has 11 heteroatoms. The van der Waals surface area contributed by atoms with E-state index in [1.165, 1.54) is 10.5 Å². The van der Waals surface area contributed by atoms with E-state index in [4.69, 9.17) is 16.0 Å². The van der Waals surface area contributed by atoms with E-state index in [9.17, 15) is 18.0 Å². The highest BCUT2D eigenvalue weighted by molar-refractivity contribution is 7.89. The summed E-state index contributed by atoms with van der Waals surface area (Å²) in [7, 11) is -3.85. The van der Waals surface area contributed by atoms with Gasteiger partial charge in [0.25, 0.3) is 0 Å². The van der Waals surface area contributed by atoms with Crippen molar-refractivity contribution in [3.63, 3.8) is 0 Å². The van der Waals surface area contributed by atoms with Crippen molar-refractivity contribution >= 4 is 45.3 Å². The lowest BCUT2D eigenvalue weighted by molar-refractivity contribution is -0.136. The quantitative estimate of drug-likeness (QED) is 0.164. The second-order valence-electron chi connectivity index (χ2n) is 9.04. The molecule has 9 nitrogen and oxygen atoms in total. The van der Waals surface area contributed by atoms with Crippen LogP contribution in [0.2, 0.25) is 5.02 Å². The molecule has 0 spiro atoms. The second kappa shape index (κ2) is 12.7. The van der Waals surface area contributed by atoms with Crippen LogP contribution < -0.4 is 10.7 Å². The zero-order valence-corrected chi connectivity index (χ0v) is 23.4. The van der Waals surface area contributed by atoms with E-state index in [1.54, 1.807) is 60.7 Å². The van der Waals surface area contributed by atoms with Crippen LogP contribution in [0.5, 0.6) is 0 Å². The third-order valence-electron chi connectivity index (χ3n) is 5.82. The van der Waals surface area contributed by atoms with Crippen LogP contribution in [0.25, 0.3) is 0 Å². The Morgan fingerprint density at radius 3 is 2.12 bits per heavy atom. The highest BCUT2D eigenvalue weighted by atomic mass is 35.5. The lowest BCUT2D eigenvalue weighted by Crippen LogP contribution is -2.32. The Morgan fingerprint density at radius 2 is 1.48 bits per heavy atom. The number of amides is 2. The summed E-state index contributed by atoms with van der Waals surface area (Å²) in [6.07, 6.45) is 1.22. The third-order valence-corrected chi connectivity index (χ3v) is 7.88. The lowest BCUT2D eigenvalue weighted by Gasteiger charge is -2.21. The van der Waals surface area contributed by atoms with E-state index in [1.807, 2.05) is 38.1 Å². The Morgan fingerprint density at radius 1 is 0.850 bits per heavy atom. The fraction of sp³-hybridized carbons (Fsp3) is 0.138. The Labute approximate surface area is 237 Å². The molecule has 4 rings (SSSR count). The van der Waals surface area contributed by atoms with Crippen molar-refractivity contribution in [1.29, 1.82) is 0 Å². The summed E-state index contributed by atoms with van der Waals surface area (Å²) in [5.74, 6) is -1.26. The Balaban J connectivity index is 1.44. The highest BCUT2D eigenvalue weighted by Gasteiger charge is 2.26. The standard InChI is InChI=1S/C29H27ClN4O5S/c1-20-3-7-22(8-4-20)18-34(40(37,38)27-15-5-21(2)6-16-27)19-26-14-13-25(39-26)17-31-33-29(36)28(35)32-24-11-9-23(30)10-12-24/h3-17H,18-19H2,1-2H3,(H,32,35)(H,33,36)/b31-17+. The van der Waals surface area contributed by atoms with E-state index in [-0.39, 0.29) is 23.7 Å². The number of benzene rings is 3. The number of carbonyl (C=O) groups is 2. The third kappa shape index (κ3) is 7.66. The number of sulfonamides is 1. The normalized spacial score (nSPS) is 11.6. The molecule has 3 aromatic carbocycles. The number of hydrogen-bond acceptors (Lipinski definition) is 6. The fourth-order valence-corrected chi connectivity index (χ4v) is 5.15. The Bertz CT molecular complexity index is 1610. The van der Waals surface area contributed by atoms with Crippen LogP contribution in [0.15, 0.2) is 99.3 Å². The van der Waals surface area contributed by atoms with Crippen LogP contribution in [0.3, 0.4) is 0 Å². The van der Waals surface area contributed by atoms with Crippen molar-refractivity contribution in [3.05, 3.63) is 118 Å². The molecule has 0 radical (unpaired) electrons. The summed E-state index contributed by atoms with van der Waals surface area (Å²) < 4.78 is 34.2. The summed E-state index contributed by atoms with van der Waals surface area (Å²) in [5, 5.41) is 6.68. The SMILES string of the molecule is Cc1ccc(CN(Cc2ccc(/C=N/NC(=O)C(=O)Nc3ccc(Cl)cc3)o2)S(=O)(=O)c2ccc(C)cc2)cc1. The van der Waals surface area contributed by atoms with Gasteiger partial charge in [0.2, 0.25) is 10.0 Å². The molecule has 4 aromatic rings. The lowest BCUT2D eigenvalue weighted by atomic mass is 10.1. The molecule has 1 heterocycles. The molecule has 1 aromatic heterocycles. The molecule has 0 aliphatic rings. The highest BCUT2D eigenvalue weighted by Crippen LogP contribution is 2.23. The van der Waals surface area contributed by atoms with Gasteiger partial charge in [-0.3, -0.25) is 9.59 Å². The topological polar surface area (TPSA) is 121 Å². The maximum absolute atomic E-state index is 13.6. The summed E-state index contributed by atoms with van der Waals surface area (Å²) in [5.41, 5.74) is 5.38. The second-order valence-corrected chi connectivity index (χ2v) is 11.4.